The van der Waals surface area contributed by atoms with E-state index >= 15 is 0 Å². The minimum Gasteiger partial charge on any atom is -0.361 e. The Hall–Kier alpha value is -2.93. The van der Waals surface area contributed by atoms with Crippen LogP contribution in [-0.4, -0.2) is 39.0 Å². The molecule has 27 heavy (non-hydrogen) atoms. The van der Waals surface area contributed by atoms with E-state index in [0.717, 1.165) is 29.4 Å². The van der Waals surface area contributed by atoms with Crippen LogP contribution in [0.2, 0.25) is 0 Å². The molecule has 1 aliphatic heterocycles. The second kappa shape index (κ2) is 6.66. The Morgan fingerprint density at radius 3 is 3.15 bits per heavy atom. The fourth-order valence-corrected chi connectivity index (χ4v) is 4.26. The number of nitrogens with zero attached hydrogens (tertiary/aromatic N) is 3. The van der Waals surface area contributed by atoms with Crippen molar-refractivity contribution in [3.8, 4) is 11.5 Å². The maximum Gasteiger partial charge on any atom is 0.258 e. The third kappa shape index (κ3) is 3.14. The topological polar surface area (TPSA) is 75.0 Å². The molecule has 1 N–H and O–H groups in total. The second-order valence-electron chi connectivity index (χ2n) is 6.81. The molecule has 6 nitrogen and oxygen atoms in total. The minimum absolute atomic E-state index is 0.00689. The number of carbonyl (C=O) groups excluding carboxylic acids is 1. The number of fused-ring (bicyclic) bond motifs is 1. The molecule has 0 spiro atoms. The van der Waals surface area contributed by atoms with Gasteiger partial charge in [0.2, 0.25) is 5.91 Å². The van der Waals surface area contributed by atoms with Gasteiger partial charge in [-0.05, 0) is 41.5 Å². The highest BCUT2D eigenvalue weighted by Gasteiger charge is 2.33. The van der Waals surface area contributed by atoms with Gasteiger partial charge in [-0.15, -0.1) is 11.3 Å². The number of carbonyl (C=O) groups is 1. The summed E-state index contributed by atoms with van der Waals surface area (Å²) in [4.78, 5) is 23.3. The maximum atomic E-state index is 12.4. The number of hydrogen-bond acceptors (Lipinski definition) is 5. The summed E-state index contributed by atoms with van der Waals surface area (Å²) in [7, 11) is 0. The molecule has 0 aliphatic carbocycles. The maximum absolute atomic E-state index is 12.4. The molecule has 4 aromatic rings. The summed E-state index contributed by atoms with van der Waals surface area (Å²) in [5.41, 5.74) is 1.91. The quantitative estimate of drug-likeness (QED) is 0.573. The SMILES string of the molecule is O=C1CC(c2noc(-c3ccc4cc[nH]c4c3)n2)CN1CCc1cccs1. The van der Waals surface area contributed by atoms with Crippen LogP contribution in [0.1, 0.15) is 23.0 Å². The van der Waals surface area contributed by atoms with Gasteiger partial charge in [0.1, 0.15) is 0 Å². The highest BCUT2D eigenvalue weighted by molar-refractivity contribution is 7.09. The first-order valence-electron chi connectivity index (χ1n) is 8.97. The Kier molecular flexibility index (Phi) is 4.01. The van der Waals surface area contributed by atoms with Gasteiger partial charge in [0.05, 0.1) is 0 Å². The molecule has 1 amide bonds. The molecule has 4 heterocycles. The molecule has 0 bridgehead atoms. The first-order valence-corrected chi connectivity index (χ1v) is 9.85. The van der Waals surface area contributed by atoms with Crippen molar-refractivity contribution in [2.24, 2.45) is 0 Å². The number of thiophene rings is 1. The first-order chi connectivity index (χ1) is 13.3. The van der Waals surface area contributed by atoms with Crippen LogP contribution < -0.4 is 0 Å². The zero-order valence-corrected chi connectivity index (χ0v) is 15.4. The van der Waals surface area contributed by atoms with Crippen LogP contribution in [0, 0.1) is 0 Å². The van der Waals surface area contributed by atoms with E-state index in [1.54, 1.807) is 11.3 Å². The van der Waals surface area contributed by atoms with Crippen molar-refractivity contribution in [2.75, 3.05) is 13.1 Å². The molecule has 1 aliphatic rings. The number of amides is 1. The summed E-state index contributed by atoms with van der Waals surface area (Å²) in [5.74, 6) is 1.26. The molecule has 1 fully saturated rings. The number of rotatable bonds is 5. The minimum atomic E-state index is -0.00689. The van der Waals surface area contributed by atoms with Crippen molar-refractivity contribution in [1.82, 2.24) is 20.0 Å². The molecule has 0 saturated carbocycles. The normalized spacial score (nSPS) is 17.3. The Morgan fingerprint density at radius 1 is 1.30 bits per heavy atom. The van der Waals surface area contributed by atoms with E-state index < -0.39 is 0 Å². The van der Waals surface area contributed by atoms with Gasteiger partial charge in [0, 0.05) is 47.6 Å². The number of likely N-dealkylation sites (tertiary alicyclic amines) is 1. The van der Waals surface area contributed by atoms with Crippen LogP contribution >= 0.6 is 11.3 Å². The molecular formula is C20H18N4O2S. The van der Waals surface area contributed by atoms with Gasteiger partial charge < -0.3 is 14.4 Å². The molecular weight excluding hydrogens is 360 g/mol. The fraction of sp³-hybridized carbons (Fsp3) is 0.250. The molecule has 1 atom stereocenters. The highest BCUT2D eigenvalue weighted by Crippen LogP contribution is 2.29. The summed E-state index contributed by atoms with van der Waals surface area (Å²) in [6.07, 6.45) is 3.24. The van der Waals surface area contributed by atoms with Gasteiger partial charge in [-0.3, -0.25) is 4.79 Å². The molecule has 5 rings (SSSR count). The van der Waals surface area contributed by atoms with E-state index in [-0.39, 0.29) is 11.8 Å². The van der Waals surface area contributed by atoms with Gasteiger partial charge in [0.15, 0.2) is 5.82 Å². The number of aromatic amines is 1. The van der Waals surface area contributed by atoms with Gasteiger partial charge in [-0.25, -0.2) is 0 Å². The van der Waals surface area contributed by atoms with E-state index in [4.69, 9.17) is 4.52 Å². The lowest BCUT2D eigenvalue weighted by atomic mass is 10.1. The van der Waals surface area contributed by atoms with Gasteiger partial charge in [-0.1, -0.05) is 17.3 Å². The van der Waals surface area contributed by atoms with E-state index in [1.807, 2.05) is 41.4 Å². The molecule has 1 unspecified atom stereocenters. The monoisotopic (exact) mass is 378 g/mol. The largest absolute Gasteiger partial charge is 0.361 e. The van der Waals surface area contributed by atoms with Crippen LogP contribution in [0.15, 0.2) is 52.5 Å². The molecule has 0 radical (unpaired) electrons. The lowest BCUT2D eigenvalue weighted by molar-refractivity contribution is -0.127. The lowest BCUT2D eigenvalue weighted by Gasteiger charge is -2.15. The predicted octanol–water partition coefficient (Wildman–Crippen LogP) is 3.84. The van der Waals surface area contributed by atoms with Crippen LogP contribution in [0.25, 0.3) is 22.4 Å². The van der Waals surface area contributed by atoms with Crippen molar-refractivity contribution in [2.45, 2.75) is 18.8 Å². The van der Waals surface area contributed by atoms with E-state index in [9.17, 15) is 4.79 Å². The Morgan fingerprint density at radius 2 is 2.26 bits per heavy atom. The van der Waals surface area contributed by atoms with Crippen molar-refractivity contribution in [3.05, 3.63) is 58.7 Å². The summed E-state index contributed by atoms with van der Waals surface area (Å²) in [5, 5.41) is 7.35. The van der Waals surface area contributed by atoms with E-state index in [1.165, 1.54) is 4.88 Å². The number of nitrogens with one attached hydrogen (secondary N) is 1. The average Bonchev–Trinajstić information content (AvgIpc) is 3.45. The van der Waals surface area contributed by atoms with Crippen molar-refractivity contribution < 1.29 is 9.32 Å². The summed E-state index contributed by atoms with van der Waals surface area (Å²) in [6.45, 7) is 1.39. The van der Waals surface area contributed by atoms with Crippen molar-refractivity contribution in [3.63, 3.8) is 0 Å². The third-order valence-electron chi connectivity index (χ3n) is 5.03. The zero-order chi connectivity index (χ0) is 18.2. The number of benzene rings is 1. The van der Waals surface area contributed by atoms with E-state index in [0.29, 0.717) is 24.7 Å². The lowest BCUT2D eigenvalue weighted by Crippen LogP contribution is -2.27. The van der Waals surface area contributed by atoms with Gasteiger partial charge in [-0.2, -0.15) is 4.98 Å². The van der Waals surface area contributed by atoms with Crippen LogP contribution in [0.3, 0.4) is 0 Å². The van der Waals surface area contributed by atoms with Gasteiger partial charge >= 0.3 is 0 Å². The molecule has 1 aromatic carbocycles. The molecule has 136 valence electrons. The first kappa shape index (κ1) is 16.3. The number of H-pyrrole nitrogens is 1. The average molecular weight is 378 g/mol. The Labute approximate surface area is 159 Å². The predicted molar refractivity (Wildman–Crippen MR) is 104 cm³/mol. The molecule has 7 heteroatoms. The molecule has 3 aromatic heterocycles. The highest BCUT2D eigenvalue weighted by atomic mass is 32.1. The summed E-state index contributed by atoms with van der Waals surface area (Å²) >= 11 is 1.73. The number of aromatic nitrogens is 3. The van der Waals surface area contributed by atoms with Crippen LogP contribution in [0.4, 0.5) is 0 Å². The molecule has 1 saturated heterocycles. The van der Waals surface area contributed by atoms with E-state index in [2.05, 4.69) is 26.6 Å². The van der Waals surface area contributed by atoms with Crippen molar-refractivity contribution in [1.29, 1.82) is 0 Å². The number of hydrogen-bond donors (Lipinski definition) is 1. The van der Waals surface area contributed by atoms with Crippen LogP contribution in [-0.2, 0) is 11.2 Å². The summed E-state index contributed by atoms with van der Waals surface area (Å²) < 4.78 is 5.47. The zero-order valence-electron chi connectivity index (χ0n) is 14.6. The third-order valence-corrected chi connectivity index (χ3v) is 5.97. The smallest absolute Gasteiger partial charge is 0.258 e. The van der Waals surface area contributed by atoms with Gasteiger partial charge in [0.25, 0.3) is 5.89 Å². The Balaban J connectivity index is 1.30. The van der Waals surface area contributed by atoms with Crippen LogP contribution in [0.5, 0.6) is 0 Å². The second-order valence-corrected chi connectivity index (χ2v) is 7.84. The van der Waals surface area contributed by atoms with Crippen molar-refractivity contribution >= 4 is 28.1 Å². The summed E-state index contributed by atoms with van der Waals surface area (Å²) in [6, 6.07) is 12.2. The Bertz CT molecular complexity index is 1080. The fourth-order valence-electron chi connectivity index (χ4n) is 3.56. The standard InChI is InChI=1S/C20H18N4O2S/c25-18-11-15(12-24(18)8-6-16-2-1-9-27-16)19-22-20(26-23-19)14-4-3-13-5-7-21-17(13)10-14/h1-5,7,9-10,15,21H,6,8,11-12H2.